The van der Waals surface area contributed by atoms with Crippen molar-refractivity contribution in [3.63, 3.8) is 0 Å². The van der Waals surface area contributed by atoms with Crippen molar-refractivity contribution in [3.05, 3.63) is 119 Å². The number of anilines is 3. The van der Waals surface area contributed by atoms with Crippen LogP contribution in [0.3, 0.4) is 0 Å². The summed E-state index contributed by atoms with van der Waals surface area (Å²) in [4.78, 5) is 52.1. The number of hydrogen-bond acceptors (Lipinski definition) is 8. The van der Waals surface area contributed by atoms with E-state index in [1.807, 2.05) is 0 Å². The van der Waals surface area contributed by atoms with Gasteiger partial charge in [0.1, 0.15) is 0 Å². The van der Waals surface area contributed by atoms with E-state index >= 15 is 0 Å². The molecule has 4 aromatic carbocycles. The second-order valence-electron chi connectivity index (χ2n) is 9.19. The van der Waals surface area contributed by atoms with Gasteiger partial charge in [0.05, 0.1) is 27.4 Å². The molecule has 1 atom stereocenters. The number of amides is 1. The molecule has 0 aliphatic heterocycles. The summed E-state index contributed by atoms with van der Waals surface area (Å²) in [6, 6.07) is 22.3. The van der Waals surface area contributed by atoms with Crippen LogP contribution in [0.1, 0.15) is 49.1 Å². The minimum Gasteiger partial charge on any atom is -0.449 e. The normalized spacial score (nSPS) is 13.0. The molecule has 1 unspecified atom stereocenters. The van der Waals surface area contributed by atoms with Gasteiger partial charge in [-0.3, -0.25) is 19.1 Å². The van der Waals surface area contributed by atoms with Crippen molar-refractivity contribution in [1.29, 1.82) is 0 Å². The Morgan fingerprint density at radius 2 is 1.39 bits per heavy atom. The molecule has 206 valence electrons. The highest BCUT2D eigenvalue weighted by molar-refractivity contribution is 7.92. The van der Waals surface area contributed by atoms with E-state index in [9.17, 15) is 27.6 Å². The van der Waals surface area contributed by atoms with Gasteiger partial charge in [-0.05, 0) is 43.3 Å². The van der Waals surface area contributed by atoms with Gasteiger partial charge in [-0.25, -0.2) is 13.2 Å². The van der Waals surface area contributed by atoms with Gasteiger partial charge in [0.15, 0.2) is 17.7 Å². The number of hydrogen-bond donors (Lipinski definition) is 3. The number of para-hydroxylation sites is 1. The van der Waals surface area contributed by atoms with E-state index in [1.165, 1.54) is 73.7 Å². The molecule has 1 aliphatic carbocycles. The van der Waals surface area contributed by atoms with E-state index in [4.69, 9.17) is 10.5 Å². The van der Waals surface area contributed by atoms with Crippen molar-refractivity contribution >= 4 is 50.5 Å². The molecule has 0 aromatic heterocycles. The van der Waals surface area contributed by atoms with Crippen molar-refractivity contribution < 1.29 is 32.3 Å². The summed E-state index contributed by atoms with van der Waals surface area (Å²) < 4.78 is 33.4. The first-order valence-electron chi connectivity index (χ1n) is 12.4. The molecule has 11 heteroatoms. The molecule has 0 saturated carbocycles. The number of nitrogens with one attached hydrogen (secondary N) is 2. The Bertz CT molecular complexity index is 1850. The third kappa shape index (κ3) is 5.30. The summed E-state index contributed by atoms with van der Waals surface area (Å²) in [6.45, 7) is 1.32. The Labute approximate surface area is 235 Å². The van der Waals surface area contributed by atoms with Crippen LogP contribution in [0.5, 0.6) is 0 Å². The van der Waals surface area contributed by atoms with E-state index in [1.54, 1.807) is 24.3 Å². The molecule has 1 aliphatic rings. The highest BCUT2D eigenvalue weighted by Gasteiger charge is 2.32. The van der Waals surface area contributed by atoms with Gasteiger partial charge in [-0.15, -0.1) is 0 Å². The topological polar surface area (TPSA) is 162 Å². The first-order valence-corrected chi connectivity index (χ1v) is 13.9. The third-order valence-corrected chi connectivity index (χ3v) is 7.79. The molecule has 0 fully saturated rings. The van der Waals surface area contributed by atoms with Crippen LogP contribution in [0.4, 0.5) is 17.1 Å². The zero-order valence-electron chi connectivity index (χ0n) is 21.6. The Balaban J connectivity index is 1.34. The quantitative estimate of drug-likeness (QED) is 0.195. The molecule has 0 heterocycles. The lowest BCUT2D eigenvalue weighted by molar-refractivity contribution is -0.123. The number of ether oxygens (including phenoxy) is 1. The zero-order valence-corrected chi connectivity index (χ0v) is 22.4. The van der Waals surface area contributed by atoms with Crippen molar-refractivity contribution in [3.8, 4) is 0 Å². The van der Waals surface area contributed by atoms with Crippen LogP contribution in [-0.4, -0.2) is 38.0 Å². The maximum Gasteiger partial charge on any atom is 0.341 e. The fourth-order valence-corrected chi connectivity index (χ4v) is 5.53. The third-order valence-electron chi connectivity index (χ3n) is 6.42. The van der Waals surface area contributed by atoms with Crippen LogP contribution in [0, 0.1) is 0 Å². The number of rotatable bonds is 7. The Kier molecular flexibility index (Phi) is 7.12. The smallest absolute Gasteiger partial charge is 0.341 e. The van der Waals surface area contributed by atoms with E-state index in [2.05, 4.69) is 10.0 Å². The Morgan fingerprint density at radius 3 is 2.12 bits per heavy atom. The molecular formula is C30H23N3O7S. The largest absolute Gasteiger partial charge is 0.449 e. The number of nitrogens with two attached hydrogens (primary N) is 1. The first-order chi connectivity index (χ1) is 19.6. The molecule has 0 spiro atoms. The SMILES string of the molecule is CC(OC(=O)c1ccccc1NS(=O)(=O)c1cccc(N)c1)C(=O)Nc1cccc2c1C(=O)c1ccccc1C2=O. The molecule has 1 amide bonds. The molecule has 4 aromatic rings. The predicted octanol–water partition coefficient (Wildman–Crippen LogP) is 4.03. The molecule has 0 bridgehead atoms. The lowest BCUT2D eigenvalue weighted by atomic mass is 9.83. The van der Waals surface area contributed by atoms with Crippen LogP contribution >= 0.6 is 0 Å². The molecule has 5 rings (SSSR count). The molecule has 0 radical (unpaired) electrons. The van der Waals surface area contributed by atoms with Crippen LogP contribution in [0.2, 0.25) is 0 Å². The van der Waals surface area contributed by atoms with Crippen molar-refractivity contribution in [1.82, 2.24) is 0 Å². The highest BCUT2D eigenvalue weighted by Crippen LogP contribution is 2.32. The minimum atomic E-state index is -4.09. The van der Waals surface area contributed by atoms with Gasteiger partial charge in [0.2, 0.25) is 0 Å². The Hall–Kier alpha value is -5.29. The fraction of sp³-hybridized carbons (Fsp3) is 0.0667. The minimum absolute atomic E-state index is 0.0457. The number of esters is 1. The summed E-state index contributed by atoms with van der Waals surface area (Å²) in [5.41, 5.74) is 6.55. The van der Waals surface area contributed by atoms with Crippen LogP contribution < -0.4 is 15.8 Å². The standard InChI is InChI=1S/C30H23N3O7S/c1-17(29(36)32-25-15-7-13-23-26(25)28(35)21-11-3-2-10-20(21)27(23)34)40-30(37)22-12-4-5-14-24(22)33-41(38,39)19-9-6-8-18(31)16-19/h2-17,33H,31H2,1H3,(H,32,36). The van der Waals surface area contributed by atoms with Crippen molar-refractivity contribution in [2.24, 2.45) is 0 Å². The van der Waals surface area contributed by atoms with E-state index in [0.717, 1.165) is 0 Å². The number of carbonyl (C=O) groups excluding carboxylic acids is 4. The van der Waals surface area contributed by atoms with Crippen LogP contribution in [-0.2, 0) is 19.6 Å². The van der Waals surface area contributed by atoms with Crippen molar-refractivity contribution in [2.45, 2.75) is 17.9 Å². The molecule has 41 heavy (non-hydrogen) atoms. The lowest BCUT2D eigenvalue weighted by Crippen LogP contribution is -2.31. The molecule has 4 N–H and O–H groups in total. The zero-order chi connectivity index (χ0) is 29.3. The van der Waals surface area contributed by atoms with Gasteiger partial charge in [-0.2, -0.15) is 0 Å². The number of carbonyl (C=O) groups is 4. The fourth-order valence-electron chi connectivity index (χ4n) is 4.40. The van der Waals surface area contributed by atoms with E-state index in [-0.39, 0.29) is 55.6 Å². The van der Waals surface area contributed by atoms with Gasteiger partial charge >= 0.3 is 5.97 Å². The molecule has 10 nitrogen and oxygen atoms in total. The van der Waals surface area contributed by atoms with E-state index < -0.39 is 33.8 Å². The summed E-state index contributed by atoms with van der Waals surface area (Å²) in [5, 5.41) is 2.58. The number of benzene rings is 4. The maximum atomic E-state index is 13.2. The molecular weight excluding hydrogens is 546 g/mol. The monoisotopic (exact) mass is 569 g/mol. The van der Waals surface area contributed by atoms with Crippen molar-refractivity contribution in [2.75, 3.05) is 15.8 Å². The summed E-state index contributed by atoms with van der Waals surface area (Å²) in [7, 11) is -4.09. The number of fused-ring (bicyclic) bond motifs is 2. The predicted molar refractivity (Wildman–Crippen MR) is 151 cm³/mol. The van der Waals surface area contributed by atoms with Crippen LogP contribution in [0.15, 0.2) is 95.9 Å². The lowest BCUT2D eigenvalue weighted by Gasteiger charge is -2.21. The average Bonchev–Trinajstić information content (AvgIpc) is 2.96. The summed E-state index contributed by atoms with van der Waals surface area (Å²) >= 11 is 0. The average molecular weight is 570 g/mol. The van der Waals surface area contributed by atoms with Crippen LogP contribution in [0.25, 0.3) is 0 Å². The second kappa shape index (κ2) is 10.7. The second-order valence-corrected chi connectivity index (χ2v) is 10.9. The Morgan fingerprint density at radius 1 is 0.780 bits per heavy atom. The van der Waals surface area contributed by atoms with Gasteiger partial charge in [-0.1, -0.05) is 54.6 Å². The number of nitrogen functional groups attached to an aromatic ring is 1. The van der Waals surface area contributed by atoms with Gasteiger partial charge in [0.25, 0.3) is 15.9 Å². The van der Waals surface area contributed by atoms with Gasteiger partial charge < -0.3 is 15.8 Å². The van der Waals surface area contributed by atoms with Gasteiger partial charge in [0, 0.05) is 22.4 Å². The maximum absolute atomic E-state index is 13.2. The highest BCUT2D eigenvalue weighted by atomic mass is 32.2. The van der Waals surface area contributed by atoms with E-state index in [0.29, 0.717) is 0 Å². The number of sulfonamides is 1. The summed E-state index contributed by atoms with van der Waals surface area (Å²) in [6.07, 6.45) is -1.35. The summed E-state index contributed by atoms with van der Waals surface area (Å²) in [5.74, 6) is -2.49. The first kappa shape index (κ1) is 27.3. The molecule has 0 saturated heterocycles. The number of ketones is 2.